The number of hydrogen-bond acceptors (Lipinski definition) is 1. The van der Waals surface area contributed by atoms with E-state index in [0.29, 0.717) is 0 Å². The molecule has 0 atom stereocenters. The molecule has 0 saturated heterocycles. The molecule has 18 heavy (non-hydrogen) atoms. The number of fused-ring (bicyclic) bond motifs is 2. The van der Waals surface area contributed by atoms with Crippen LogP contribution in [0.4, 0.5) is 0 Å². The van der Waals surface area contributed by atoms with Gasteiger partial charge in [-0.2, -0.15) is 0 Å². The predicted octanol–water partition coefficient (Wildman–Crippen LogP) is 5.87. The van der Waals surface area contributed by atoms with Gasteiger partial charge < -0.3 is 0 Å². The van der Waals surface area contributed by atoms with Crippen molar-refractivity contribution in [2.75, 3.05) is 0 Å². The lowest BCUT2D eigenvalue weighted by Gasteiger charge is -2.00. The Hall–Kier alpha value is -0.580. The van der Waals surface area contributed by atoms with Gasteiger partial charge in [0.05, 0.1) is 0 Å². The largest absolute Gasteiger partial charge is 0.258 e. The molecule has 0 radical (unpaired) electrons. The van der Waals surface area contributed by atoms with Crippen LogP contribution in [0.5, 0.6) is 0 Å². The average Bonchev–Trinajstić information content (AvgIpc) is 2.26. The van der Waals surface area contributed by atoms with Gasteiger partial charge in [0.1, 0.15) is 11.0 Å². The maximum absolute atomic E-state index is 4.83. The Balaban J connectivity index is 2.51. The molecule has 4 heteroatoms. The van der Waals surface area contributed by atoms with E-state index in [1.165, 1.54) is 20.5 Å². The summed E-state index contributed by atoms with van der Waals surface area (Å²) in [6.45, 7) is 4.21. The Morgan fingerprint density at radius 3 is 1.72 bits per heavy atom. The van der Waals surface area contributed by atoms with Gasteiger partial charge in [-0.3, -0.25) is 0 Å². The number of halogens is 2. The number of nitrogens with zero attached hydrogens (tertiary/aromatic N) is 1. The molecular formula is C14H10Br2NS+. The van der Waals surface area contributed by atoms with E-state index in [1.807, 2.05) is 0 Å². The van der Waals surface area contributed by atoms with E-state index in [-0.39, 0.29) is 0 Å². The molecule has 0 saturated carbocycles. The summed E-state index contributed by atoms with van der Waals surface area (Å²) in [5, 5.41) is 0. The summed E-state index contributed by atoms with van der Waals surface area (Å²) >= 11 is 8.88. The minimum Gasteiger partial charge on any atom is -0.237 e. The molecular weight excluding hydrogens is 374 g/mol. The number of rotatable bonds is 0. The second-order valence-corrected chi connectivity index (χ2v) is 7.27. The predicted molar refractivity (Wildman–Crippen MR) is 86.4 cm³/mol. The molecule has 3 aromatic rings. The highest BCUT2D eigenvalue weighted by molar-refractivity contribution is 9.10. The number of aryl methyl sites for hydroxylation is 2. The summed E-state index contributed by atoms with van der Waals surface area (Å²) in [5.74, 6) is 0. The smallest absolute Gasteiger partial charge is 0.237 e. The highest BCUT2D eigenvalue weighted by Crippen LogP contribution is 2.33. The summed E-state index contributed by atoms with van der Waals surface area (Å²) in [6.07, 6.45) is 0. The first kappa shape index (κ1) is 12.5. The van der Waals surface area contributed by atoms with Gasteiger partial charge in [0.25, 0.3) is 9.40 Å². The molecule has 0 amide bonds. The van der Waals surface area contributed by atoms with Crippen molar-refractivity contribution in [3.05, 3.63) is 44.3 Å². The van der Waals surface area contributed by atoms with Crippen molar-refractivity contribution in [3.63, 3.8) is 0 Å². The van der Waals surface area contributed by atoms with Crippen LogP contribution in [0.15, 0.2) is 33.2 Å². The summed E-state index contributed by atoms with van der Waals surface area (Å²) in [7, 11) is 0. The molecule has 1 nitrogen and oxygen atoms in total. The van der Waals surface area contributed by atoms with Crippen LogP contribution in [0, 0.1) is 13.8 Å². The Morgan fingerprint density at radius 2 is 1.28 bits per heavy atom. The van der Waals surface area contributed by atoms with E-state index in [9.17, 15) is 0 Å². The normalized spacial score (nSPS) is 11.3. The highest BCUT2D eigenvalue weighted by atomic mass is 79.9. The highest BCUT2D eigenvalue weighted by Gasteiger charge is 2.17. The van der Waals surface area contributed by atoms with Gasteiger partial charge in [-0.25, -0.2) is 4.98 Å². The second-order valence-electron chi connectivity index (χ2n) is 4.35. The van der Waals surface area contributed by atoms with Crippen molar-refractivity contribution < 1.29 is 0 Å². The standard InChI is InChI=1S/C14H10Br2NS/c1-7-3-9(15)5-11-13(7)17-14-8(2)4-10(16)6-12(14)18-11/h3-6H,1-2H3/q+1. The number of aromatic nitrogens is 1. The molecule has 0 fully saturated rings. The fourth-order valence-corrected chi connectivity index (χ4v) is 4.74. The van der Waals surface area contributed by atoms with E-state index < -0.39 is 0 Å². The number of benzene rings is 2. The van der Waals surface area contributed by atoms with Crippen molar-refractivity contribution in [1.82, 2.24) is 4.98 Å². The van der Waals surface area contributed by atoms with Crippen LogP contribution in [0.1, 0.15) is 11.1 Å². The molecule has 0 N–H and O–H groups in total. The topological polar surface area (TPSA) is 12.9 Å². The van der Waals surface area contributed by atoms with Crippen LogP contribution >= 0.6 is 43.2 Å². The first-order chi connectivity index (χ1) is 8.54. The van der Waals surface area contributed by atoms with Gasteiger partial charge in [-0.15, -0.1) is 0 Å². The molecule has 1 aromatic heterocycles. The van der Waals surface area contributed by atoms with Crippen LogP contribution < -0.4 is 0 Å². The molecule has 1 heterocycles. The number of hydrogen-bond donors (Lipinski definition) is 0. The molecule has 0 unspecified atom stereocenters. The molecule has 0 bridgehead atoms. The van der Waals surface area contributed by atoms with Gasteiger partial charge in [-0.05, 0) is 37.1 Å². The van der Waals surface area contributed by atoms with E-state index >= 15 is 0 Å². The third-order valence-electron chi connectivity index (χ3n) is 2.90. The molecule has 0 aliphatic carbocycles. The second kappa shape index (κ2) is 4.51. The molecule has 2 aromatic carbocycles. The minimum absolute atomic E-state index is 1.10. The first-order valence-corrected chi connectivity index (χ1v) is 7.95. The third kappa shape index (κ3) is 2.06. The van der Waals surface area contributed by atoms with Gasteiger partial charge in [0.15, 0.2) is 0 Å². The molecule has 0 aliphatic rings. The van der Waals surface area contributed by atoms with Crippen molar-refractivity contribution in [2.45, 2.75) is 13.8 Å². The summed E-state index contributed by atoms with van der Waals surface area (Å²) in [5.41, 5.74) is 4.61. The zero-order valence-electron chi connectivity index (χ0n) is 9.92. The Kier molecular flexibility index (Phi) is 3.12. The zero-order chi connectivity index (χ0) is 12.9. The van der Waals surface area contributed by atoms with Crippen LogP contribution in [-0.2, 0) is 0 Å². The van der Waals surface area contributed by atoms with Gasteiger partial charge >= 0.3 is 0 Å². The van der Waals surface area contributed by atoms with E-state index in [1.54, 1.807) is 11.3 Å². The van der Waals surface area contributed by atoms with Crippen LogP contribution in [0.25, 0.3) is 20.4 Å². The first-order valence-electron chi connectivity index (χ1n) is 5.54. The van der Waals surface area contributed by atoms with Crippen LogP contribution in [-0.4, -0.2) is 4.98 Å². The Labute approximate surface area is 126 Å². The van der Waals surface area contributed by atoms with Crippen LogP contribution in [0.3, 0.4) is 0 Å². The van der Waals surface area contributed by atoms with Gasteiger partial charge in [-0.1, -0.05) is 31.9 Å². The molecule has 0 aliphatic heterocycles. The van der Waals surface area contributed by atoms with E-state index in [2.05, 4.69) is 70.0 Å². The van der Waals surface area contributed by atoms with Crippen molar-refractivity contribution in [3.8, 4) is 0 Å². The van der Waals surface area contributed by atoms with Crippen molar-refractivity contribution in [2.24, 2.45) is 0 Å². The average molecular weight is 384 g/mol. The van der Waals surface area contributed by atoms with Gasteiger partial charge in [0.2, 0.25) is 11.3 Å². The lowest BCUT2D eigenvalue weighted by Crippen LogP contribution is -1.87. The van der Waals surface area contributed by atoms with E-state index in [0.717, 1.165) is 20.0 Å². The van der Waals surface area contributed by atoms with Crippen molar-refractivity contribution in [1.29, 1.82) is 0 Å². The summed E-state index contributed by atoms with van der Waals surface area (Å²) < 4.78 is 4.65. The Bertz CT molecular complexity index is 721. The zero-order valence-corrected chi connectivity index (χ0v) is 13.9. The minimum atomic E-state index is 1.10. The van der Waals surface area contributed by atoms with Gasteiger partial charge in [0, 0.05) is 21.1 Å². The maximum Gasteiger partial charge on any atom is 0.258 e. The monoisotopic (exact) mass is 382 g/mol. The quantitative estimate of drug-likeness (QED) is 0.349. The molecule has 0 spiro atoms. The van der Waals surface area contributed by atoms with Crippen molar-refractivity contribution >= 4 is 63.6 Å². The summed E-state index contributed by atoms with van der Waals surface area (Å²) in [4.78, 5) is 4.83. The Morgan fingerprint density at radius 1 is 0.833 bits per heavy atom. The fraction of sp³-hybridized carbons (Fsp3) is 0.143. The van der Waals surface area contributed by atoms with E-state index in [4.69, 9.17) is 4.98 Å². The molecule has 90 valence electrons. The maximum atomic E-state index is 4.83. The third-order valence-corrected chi connectivity index (χ3v) is 4.88. The summed E-state index contributed by atoms with van der Waals surface area (Å²) in [6, 6.07) is 8.50. The lowest BCUT2D eigenvalue weighted by atomic mass is 10.2. The van der Waals surface area contributed by atoms with Crippen LogP contribution in [0.2, 0.25) is 0 Å². The molecule has 3 rings (SSSR count). The lowest BCUT2D eigenvalue weighted by molar-refractivity contribution is 1.39. The SMILES string of the molecule is Cc1cc(Br)cc2[s+]c3cc(Br)cc(C)c3nc12. The fourth-order valence-electron chi connectivity index (χ4n) is 2.08.